The average molecular weight is 319 g/mol. The molecule has 1 aromatic heterocycles. The highest BCUT2D eigenvalue weighted by atomic mass is 32.2. The molecule has 1 heterocycles. The first-order valence-electron chi connectivity index (χ1n) is 7.32. The number of ether oxygens (including phenoxy) is 1. The second-order valence-corrected chi connectivity index (χ2v) is 5.91. The highest BCUT2D eigenvalue weighted by molar-refractivity contribution is 7.98. The molecule has 0 aliphatic carbocycles. The van der Waals surface area contributed by atoms with Crippen LogP contribution in [0.4, 0.5) is 0 Å². The predicted octanol–water partition coefficient (Wildman–Crippen LogP) is 3.65. The summed E-state index contributed by atoms with van der Waals surface area (Å²) in [6.45, 7) is 5.15. The summed E-state index contributed by atoms with van der Waals surface area (Å²) in [5.74, 6) is 3.41. The molecule has 0 saturated carbocycles. The highest BCUT2D eigenvalue weighted by Crippen LogP contribution is 2.19. The van der Waals surface area contributed by atoms with Crippen molar-refractivity contribution in [2.24, 2.45) is 0 Å². The summed E-state index contributed by atoms with van der Waals surface area (Å²) in [7, 11) is 0. The van der Waals surface area contributed by atoms with Crippen LogP contribution in [0.15, 0.2) is 41.0 Å². The Hall–Kier alpha value is -1.88. The third-order valence-electron chi connectivity index (χ3n) is 3.09. The fraction of sp³-hybridized carbons (Fsp3) is 0.353. The van der Waals surface area contributed by atoms with Gasteiger partial charge >= 0.3 is 0 Å². The molecule has 1 N–H and O–H groups in total. The summed E-state index contributed by atoms with van der Waals surface area (Å²) in [6.07, 6.45) is 1.67. The van der Waals surface area contributed by atoms with E-state index in [1.807, 2.05) is 38.1 Å². The number of nitrogens with one attached hydrogen (secondary N) is 1. The number of aryl methyl sites for hydroxylation is 1. The van der Waals surface area contributed by atoms with Crippen molar-refractivity contribution < 1.29 is 13.9 Å². The van der Waals surface area contributed by atoms with E-state index in [0.29, 0.717) is 18.7 Å². The molecular formula is C17H21NO3S. The van der Waals surface area contributed by atoms with Crippen LogP contribution in [0.2, 0.25) is 0 Å². The molecule has 0 unspecified atom stereocenters. The van der Waals surface area contributed by atoms with Gasteiger partial charge in [-0.1, -0.05) is 0 Å². The van der Waals surface area contributed by atoms with Crippen LogP contribution >= 0.6 is 11.8 Å². The van der Waals surface area contributed by atoms with Crippen LogP contribution in [-0.4, -0.2) is 24.8 Å². The number of rotatable bonds is 8. The fourth-order valence-electron chi connectivity index (χ4n) is 2.01. The molecule has 5 heteroatoms. The van der Waals surface area contributed by atoms with Crippen molar-refractivity contribution in [3.63, 3.8) is 0 Å². The minimum absolute atomic E-state index is 0.0512. The maximum Gasteiger partial charge on any atom is 0.251 e. The van der Waals surface area contributed by atoms with Crippen LogP contribution in [0.1, 0.15) is 28.6 Å². The average Bonchev–Trinajstić information content (AvgIpc) is 3.02. The highest BCUT2D eigenvalue weighted by Gasteiger charge is 2.07. The Labute approximate surface area is 135 Å². The Balaban J connectivity index is 1.73. The standard InChI is InChI=1S/C17H21NO3S/c1-3-20-16-7-6-14(11-13(16)2)17(19)18-8-10-22-12-15-5-4-9-21-15/h4-7,9,11H,3,8,10,12H2,1-2H3,(H,18,19). The molecule has 2 aromatic rings. The number of furan rings is 1. The van der Waals surface area contributed by atoms with E-state index in [1.54, 1.807) is 24.1 Å². The van der Waals surface area contributed by atoms with Gasteiger partial charge in [0.1, 0.15) is 11.5 Å². The molecule has 0 bridgehead atoms. The van der Waals surface area contributed by atoms with Crippen molar-refractivity contribution in [1.29, 1.82) is 0 Å². The molecule has 0 fully saturated rings. The Kier molecular flexibility index (Phi) is 6.40. The molecule has 1 aromatic carbocycles. The Bertz CT molecular complexity index is 596. The summed E-state index contributed by atoms with van der Waals surface area (Å²) in [5, 5.41) is 2.93. The monoisotopic (exact) mass is 319 g/mol. The normalized spacial score (nSPS) is 10.5. The van der Waals surface area contributed by atoms with E-state index in [9.17, 15) is 4.79 Å². The number of carbonyl (C=O) groups is 1. The van der Waals surface area contributed by atoms with Crippen LogP contribution in [0.3, 0.4) is 0 Å². The van der Waals surface area contributed by atoms with Gasteiger partial charge in [-0.25, -0.2) is 0 Å². The van der Waals surface area contributed by atoms with E-state index >= 15 is 0 Å². The smallest absolute Gasteiger partial charge is 0.251 e. The lowest BCUT2D eigenvalue weighted by molar-refractivity contribution is 0.0956. The molecule has 0 aliphatic rings. The van der Waals surface area contributed by atoms with Gasteiger partial charge in [-0.2, -0.15) is 11.8 Å². The second-order valence-electron chi connectivity index (χ2n) is 4.80. The van der Waals surface area contributed by atoms with Crippen molar-refractivity contribution in [2.45, 2.75) is 19.6 Å². The first kappa shape index (κ1) is 16.5. The van der Waals surface area contributed by atoms with Crippen LogP contribution < -0.4 is 10.1 Å². The van der Waals surface area contributed by atoms with Crippen molar-refractivity contribution in [3.8, 4) is 5.75 Å². The lowest BCUT2D eigenvalue weighted by Gasteiger charge is -2.09. The molecule has 1 amide bonds. The number of hydrogen-bond acceptors (Lipinski definition) is 4. The number of carbonyl (C=O) groups excluding carboxylic acids is 1. The van der Waals surface area contributed by atoms with Gasteiger partial charge in [0.25, 0.3) is 5.91 Å². The summed E-state index contributed by atoms with van der Waals surface area (Å²) < 4.78 is 10.7. The minimum atomic E-state index is -0.0512. The molecule has 2 rings (SSSR count). The summed E-state index contributed by atoms with van der Waals surface area (Å²) >= 11 is 1.73. The molecule has 22 heavy (non-hydrogen) atoms. The van der Waals surface area contributed by atoms with Gasteiger partial charge < -0.3 is 14.5 Å². The lowest BCUT2D eigenvalue weighted by atomic mass is 10.1. The van der Waals surface area contributed by atoms with Crippen LogP contribution in [0, 0.1) is 6.92 Å². The topological polar surface area (TPSA) is 51.5 Å². The maximum absolute atomic E-state index is 12.1. The van der Waals surface area contributed by atoms with E-state index in [2.05, 4.69) is 5.32 Å². The van der Waals surface area contributed by atoms with Crippen molar-refractivity contribution in [1.82, 2.24) is 5.32 Å². The summed E-state index contributed by atoms with van der Waals surface area (Å²) in [4.78, 5) is 12.1. The first-order chi connectivity index (χ1) is 10.7. The van der Waals surface area contributed by atoms with Crippen molar-refractivity contribution in [2.75, 3.05) is 18.9 Å². The number of amides is 1. The van der Waals surface area contributed by atoms with E-state index < -0.39 is 0 Å². The zero-order chi connectivity index (χ0) is 15.8. The van der Waals surface area contributed by atoms with Gasteiger partial charge in [0, 0.05) is 17.9 Å². The Morgan fingerprint density at radius 2 is 2.23 bits per heavy atom. The number of benzene rings is 1. The SMILES string of the molecule is CCOc1ccc(C(=O)NCCSCc2ccco2)cc1C. The maximum atomic E-state index is 12.1. The molecular weight excluding hydrogens is 298 g/mol. The summed E-state index contributed by atoms with van der Waals surface area (Å²) in [6, 6.07) is 9.33. The van der Waals surface area contributed by atoms with Gasteiger partial charge in [0.2, 0.25) is 0 Å². The summed E-state index contributed by atoms with van der Waals surface area (Å²) in [5.41, 5.74) is 1.64. The molecule has 0 radical (unpaired) electrons. The van der Waals surface area contributed by atoms with Crippen LogP contribution in [0.25, 0.3) is 0 Å². The first-order valence-corrected chi connectivity index (χ1v) is 8.48. The zero-order valence-electron chi connectivity index (χ0n) is 12.9. The van der Waals surface area contributed by atoms with Gasteiger partial charge in [-0.3, -0.25) is 4.79 Å². The van der Waals surface area contributed by atoms with Gasteiger partial charge in [0.15, 0.2) is 0 Å². The second kappa shape index (κ2) is 8.54. The fourth-order valence-corrected chi connectivity index (χ4v) is 2.77. The van der Waals surface area contributed by atoms with Gasteiger partial charge in [-0.05, 0) is 49.7 Å². The van der Waals surface area contributed by atoms with E-state index in [1.165, 1.54) is 0 Å². The molecule has 118 valence electrons. The van der Waals surface area contributed by atoms with Crippen molar-refractivity contribution >= 4 is 17.7 Å². The predicted molar refractivity (Wildman–Crippen MR) is 89.6 cm³/mol. The Morgan fingerprint density at radius 1 is 1.36 bits per heavy atom. The van der Waals surface area contributed by atoms with Gasteiger partial charge in [-0.15, -0.1) is 0 Å². The quantitative estimate of drug-likeness (QED) is 0.755. The number of thioether (sulfide) groups is 1. The molecule has 0 spiro atoms. The third kappa shape index (κ3) is 4.84. The minimum Gasteiger partial charge on any atom is -0.494 e. The molecule has 4 nitrogen and oxygen atoms in total. The van der Waals surface area contributed by atoms with E-state index in [4.69, 9.17) is 9.15 Å². The van der Waals surface area contributed by atoms with Gasteiger partial charge in [0.05, 0.1) is 18.6 Å². The third-order valence-corrected chi connectivity index (χ3v) is 4.07. The largest absolute Gasteiger partial charge is 0.494 e. The van der Waals surface area contributed by atoms with Crippen LogP contribution in [0.5, 0.6) is 5.75 Å². The van der Waals surface area contributed by atoms with Crippen molar-refractivity contribution in [3.05, 3.63) is 53.5 Å². The van der Waals surface area contributed by atoms with E-state index in [0.717, 1.165) is 28.6 Å². The zero-order valence-corrected chi connectivity index (χ0v) is 13.7. The number of hydrogen-bond donors (Lipinski definition) is 1. The van der Waals surface area contributed by atoms with Crippen LogP contribution in [-0.2, 0) is 5.75 Å². The molecule has 0 aliphatic heterocycles. The lowest BCUT2D eigenvalue weighted by Crippen LogP contribution is -2.25. The molecule has 0 atom stereocenters. The van der Waals surface area contributed by atoms with E-state index in [-0.39, 0.29) is 5.91 Å². The molecule has 0 saturated heterocycles. The Morgan fingerprint density at radius 3 is 2.91 bits per heavy atom.